The average molecular weight is 251 g/mol. The molecule has 0 unspecified atom stereocenters. The van der Waals surface area contributed by atoms with Gasteiger partial charge in [-0.3, -0.25) is 4.79 Å². The number of carboxylic acids is 1. The van der Waals surface area contributed by atoms with E-state index >= 15 is 0 Å². The van der Waals surface area contributed by atoms with E-state index in [1.165, 1.54) is 6.92 Å². The van der Waals surface area contributed by atoms with E-state index in [9.17, 15) is 9.59 Å². The molecule has 5 nitrogen and oxygen atoms in total. The number of nitrogens with one attached hydrogen (secondary N) is 1. The summed E-state index contributed by atoms with van der Waals surface area (Å²) in [6.45, 7) is 4.89. The topological polar surface area (TPSA) is 75.6 Å². The Morgan fingerprint density at radius 3 is 2.39 bits per heavy atom. The minimum absolute atomic E-state index is 0.277. The summed E-state index contributed by atoms with van der Waals surface area (Å²) >= 11 is 0. The molecular formula is C13H17NO4. The summed E-state index contributed by atoms with van der Waals surface area (Å²) in [5.41, 5.74) is 2.65. The highest BCUT2D eigenvalue weighted by Crippen LogP contribution is 2.19. The molecule has 1 rings (SSSR count). The van der Waals surface area contributed by atoms with E-state index in [1.807, 2.05) is 32.0 Å². The number of hydrogen-bond acceptors (Lipinski definition) is 3. The first-order valence-corrected chi connectivity index (χ1v) is 5.62. The summed E-state index contributed by atoms with van der Waals surface area (Å²) < 4.78 is 4.91. The van der Waals surface area contributed by atoms with Gasteiger partial charge in [0.2, 0.25) is 5.91 Å². The third-order valence-corrected chi connectivity index (χ3v) is 2.56. The van der Waals surface area contributed by atoms with Crippen molar-refractivity contribution in [3.05, 3.63) is 29.3 Å². The number of carbonyl (C=O) groups is 2. The van der Waals surface area contributed by atoms with Gasteiger partial charge in [-0.25, -0.2) is 4.79 Å². The molecule has 0 aliphatic carbocycles. The maximum absolute atomic E-state index is 11.6. The van der Waals surface area contributed by atoms with Gasteiger partial charge in [-0.15, -0.1) is 0 Å². The van der Waals surface area contributed by atoms with E-state index in [0.29, 0.717) is 0 Å². The number of rotatable bonds is 5. The van der Waals surface area contributed by atoms with Gasteiger partial charge in [0.15, 0.2) is 6.10 Å². The van der Waals surface area contributed by atoms with E-state index in [4.69, 9.17) is 9.84 Å². The Kier molecular flexibility index (Phi) is 4.85. The summed E-state index contributed by atoms with van der Waals surface area (Å²) in [4.78, 5) is 22.1. The average Bonchev–Trinajstić information content (AvgIpc) is 2.30. The first kappa shape index (κ1) is 14.2. The maximum Gasteiger partial charge on any atom is 0.332 e. The standard InChI is InChI=1S/C13H17NO4/c1-8-5-4-6-9(2)12(8)14-11(15)7-18-10(3)13(16)17/h4-6,10H,7H2,1-3H3,(H,14,15)(H,16,17)/t10-/m0/s1. The lowest BCUT2D eigenvalue weighted by atomic mass is 10.1. The zero-order valence-corrected chi connectivity index (χ0v) is 10.7. The summed E-state index contributed by atoms with van der Waals surface area (Å²) in [5.74, 6) is -1.45. The SMILES string of the molecule is Cc1cccc(C)c1NC(=O)CO[C@@H](C)C(=O)O. The second-order valence-electron chi connectivity index (χ2n) is 4.11. The van der Waals surface area contributed by atoms with Gasteiger partial charge in [0.1, 0.15) is 6.61 Å². The fourth-order valence-corrected chi connectivity index (χ4v) is 1.46. The molecule has 0 aromatic heterocycles. The van der Waals surface area contributed by atoms with Crippen LogP contribution >= 0.6 is 0 Å². The Bertz CT molecular complexity index is 436. The molecule has 0 bridgehead atoms. The highest BCUT2D eigenvalue weighted by Gasteiger charge is 2.14. The van der Waals surface area contributed by atoms with Crippen LogP contribution in [0, 0.1) is 13.8 Å². The molecule has 1 aromatic carbocycles. The van der Waals surface area contributed by atoms with Crippen molar-refractivity contribution in [2.45, 2.75) is 26.9 Å². The van der Waals surface area contributed by atoms with Crippen LogP contribution in [0.5, 0.6) is 0 Å². The normalized spacial score (nSPS) is 11.9. The lowest BCUT2D eigenvalue weighted by Crippen LogP contribution is -2.26. The maximum atomic E-state index is 11.6. The van der Waals surface area contributed by atoms with Crippen LogP contribution < -0.4 is 5.32 Å². The minimum Gasteiger partial charge on any atom is -0.479 e. The molecule has 5 heteroatoms. The van der Waals surface area contributed by atoms with Crippen LogP contribution in [0.4, 0.5) is 5.69 Å². The van der Waals surface area contributed by atoms with Crippen LogP contribution in [-0.4, -0.2) is 29.7 Å². The number of hydrogen-bond donors (Lipinski definition) is 2. The first-order valence-electron chi connectivity index (χ1n) is 5.62. The molecule has 0 saturated heterocycles. The van der Waals surface area contributed by atoms with E-state index < -0.39 is 12.1 Å². The second kappa shape index (κ2) is 6.16. The number of ether oxygens (including phenoxy) is 1. The Hall–Kier alpha value is -1.88. The first-order chi connectivity index (χ1) is 8.41. The predicted octanol–water partition coefficient (Wildman–Crippen LogP) is 1.73. The molecule has 0 aliphatic rings. The Morgan fingerprint density at radius 2 is 1.89 bits per heavy atom. The molecule has 0 heterocycles. The zero-order valence-electron chi connectivity index (χ0n) is 10.7. The highest BCUT2D eigenvalue weighted by atomic mass is 16.5. The van der Waals surface area contributed by atoms with Gasteiger partial charge in [0.25, 0.3) is 0 Å². The molecule has 0 saturated carbocycles. The molecule has 1 atom stereocenters. The quantitative estimate of drug-likeness (QED) is 0.835. The molecule has 1 aromatic rings. The van der Waals surface area contributed by atoms with Gasteiger partial charge in [-0.2, -0.15) is 0 Å². The van der Waals surface area contributed by atoms with E-state index in [2.05, 4.69) is 5.32 Å². The fourth-order valence-electron chi connectivity index (χ4n) is 1.46. The van der Waals surface area contributed by atoms with Crippen LogP contribution in [0.25, 0.3) is 0 Å². The van der Waals surface area contributed by atoms with Crippen molar-refractivity contribution < 1.29 is 19.4 Å². The lowest BCUT2D eigenvalue weighted by molar-refractivity contribution is -0.150. The van der Waals surface area contributed by atoms with E-state index in [0.717, 1.165) is 16.8 Å². The third-order valence-electron chi connectivity index (χ3n) is 2.56. The van der Waals surface area contributed by atoms with Crippen molar-refractivity contribution in [2.75, 3.05) is 11.9 Å². The van der Waals surface area contributed by atoms with Gasteiger partial charge in [0, 0.05) is 5.69 Å². The number of carboxylic acid groups (broad SMARTS) is 1. The van der Waals surface area contributed by atoms with Crippen molar-refractivity contribution in [1.29, 1.82) is 0 Å². The van der Waals surface area contributed by atoms with Crippen LogP contribution in [0.15, 0.2) is 18.2 Å². The van der Waals surface area contributed by atoms with Gasteiger partial charge in [-0.1, -0.05) is 18.2 Å². The lowest BCUT2D eigenvalue weighted by Gasteiger charge is -2.12. The Labute approximate surface area is 106 Å². The molecular weight excluding hydrogens is 234 g/mol. The summed E-state index contributed by atoms with van der Waals surface area (Å²) in [5, 5.41) is 11.3. The zero-order chi connectivity index (χ0) is 13.7. The molecule has 2 N–H and O–H groups in total. The van der Waals surface area contributed by atoms with Gasteiger partial charge < -0.3 is 15.2 Å². The number of carbonyl (C=O) groups excluding carboxylic acids is 1. The monoisotopic (exact) mass is 251 g/mol. The fraction of sp³-hybridized carbons (Fsp3) is 0.385. The number of aryl methyl sites for hydroxylation is 2. The minimum atomic E-state index is -1.09. The van der Waals surface area contributed by atoms with Crippen molar-refractivity contribution in [1.82, 2.24) is 0 Å². The van der Waals surface area contributed by atoms with Crippen molar-refractivity contribution in [3.8, 4) is 0 Å². The number of para-hydroxylation sites is 1. The van der Waals surface area contributed by atoms with Crippen molar-refractivity contribution in [3.63, 3.8) is 0 Å². The molecule has 18 heavy (non-hydrogen) atoms. The third kappa shape index (κ3) is 3.85. The van der Waals surface area contributed by atoms with Crippen molar-refractivity contribution in [2.24, 2.45) is 0 Å². The largest absolute Gasteiger partial charge is 0.479 e. The van der Waals surface area contributed by atoms with Gasteiger partial charge in [-0.05, 0) is 31.9 Å². The van der Waals surface area contributed by atoms with E-state index in [-0.39, 0.29) is 12.5 Å². The Morgan fingerprint density at radius 1 is 1.33 bits per heavy atom. The molecule has 0 spiro atoms. The van der Waals surface area contributed by atoms with E-state index in [1.54, 1.807) is 0 Å². The van der Waals surface area contributed by atoms with Crippen LogP contribution in [0.3, 0.4) is 0 Å². The van der Waals surface area contributed by atoms with Crippen LogP contribution in [0.1, 0.15) is 18.1 Å². The second-order valence-corrected chi connectivity index (χ2v) is 4.11. The highest BCUT2D eigenvalue weighted by molar-refractivity contribution is 5.93. The van der Waals surface area contributed by atoms with Gasteiger partial charge in [0.05, 0.1) is 0 Å². The van der Waals surface area contributed by atoms with Crippen molar-refractivity contribution >= 4 is 17.6 Å². The summed E-state index contributed by atoms with van der Waals surface area (Å²) in [7, 11) is 0. The summed E-state index contributed by atoms with van der Waals surface area (Å²) in [6, 6.07) is 5.69. The number of amides is 1. The van der Waals surface area contributed by atoms with Gasteiger partial charge >= 0.3 is 5.97 Å². The molecule has 0 radical (unpaired) electrons. The Balaban J connectivity index is 2.58. The predicted molar refractivity (Wildman–Crippen MR) is 67.6 cm³/mol. The molecule has 0 fully saturated rings. The van der Waals surface area contributed by atoms with Crippen LogP contribution in [0.2, 0.25) is 0 Å². The summed E-state index contributed by atoms with van der Waals surface area (Å²) in [6.07, 6.45) is -0.992. The number of anilines is 1. The molecule has 1 amide bonds. The molecule has 0 aliphatic heterocycles. The number of aliphatic carboxylic acids is 1. The number of benzene rings is 1. The molecule has 98 valence electrons. The smallest absolute Gasteiger partial charge is 0.332 e. The van der Waals surface area contributed by atoms with Crippen LogP contribution in [-0.2, 0) is 14.3 Å².